The van der Waals surface area contributed by atoms with Gasteiger partial charge in [-0.15, -0.1) is 0 Å². The van der Waals surface area contributed by atoms with E-state index in [0.29, 0.717) is 0 Å². The van der Waals surface area contributed by atoms with Gasteiger partial charge in [0.1, 0.15) is 12.1 Å². The zero-order chi connectivity index (χ0) is 17.8. The lowest BCUT2D eigenvalue weighted by Crippen LogP contribution is -2.57. The van der Waals surface area contributed by atoms with Crippen molar-refractivity contribution in [1.82, 2.24) is 5.32 Å². The molecule has 5 nitrogen and oxygen atoms in total. The van der Waals surface area contributed by atoms with Gasteiger partial charge in [0.25, 0.3) is 0 Å². The summed E-state index contributed by atoms with van der Waals surface area (Å²) < 4.78 is 44.6. The van der Waals surface area contributed by atoms with Crippen LogP contribution in [0.2, 0.25) is 0 Å². The number of halogens is 2. The molecule has 0 aliphatic carbocycles. The molecular weight excluding hydrogens is 320 g/mol. The maximum atomic E-state index is 14.6. The van der Waals surface area contributed by atoms with Gasteiger partial charge in [-0.2, -0.15) is 8.78 Å². The highest BCUT2D eigenvalue weighted by molar-refractivity contribution is 5.78. The summed E-state index contributed by atoms with van der Waals surface area (Å²) in [6.45, 7) is 4.79. The number of nitrogens with one attached hydrogen (secondary N) is 1. The van der Waals surface area contributed by atoms with Crippen molar-refractivity contribution < 1.29 is 27.8 Å². The van der Waals surface area contributed by atoms with E-state index in [1.54, 1.807) is 13.8 Å². The zero-order valence-corrected chi connectivity index (χ0v) is 14.1. The molecule has 0 saturated carbocycles. The molecular formula is C17H23F2NO4. The van der Waals surface area contributed by atoms with Gasteiger partial charge < -0.3 is 19.5 Å². The van der Waals surface area contributed by atoms with E-state index in [1.807, 2.05) is 30.3 Å². The van der Waals surface area contributed by atoms with Crippen LogP contribution in [0, 0.1) is 0 Å². The minimum atomic E-state index is -3.74. The highest BCUT2D eigenvalue weighted by atomic mass is 19.3. The average Bonchev–Trinajstić information content (AvgIpc) is 2.88. The monoisotopic (exact) mass is 343 g/mol. The summed E-state index contributed by atoms with van der Waals surface area (Å²) in [5, 5.41) is 2.74. The molecule has 1 aromatic rings. The first-order valence-corrected chi connectivity index (χ1v) is 7.90. The fourth-order valence-corrected chi connectivity index (χ4v) is 2.55. The van der Waals surface area contributed by atoms with E-state index in [1.165, 1.54) is 6.92 Å². The zero-order valence-electron chi connectivity index (χ0n) is 14.1. The normalized spacial score (nSPS) is 21.5. The molecule has 1 heterocycles. The lowest BCUT2D eigenvalue weighted by Gasteiger charge is -2.30. The van der Waals surface area contributed by atoms with Gasteiger partial charge in [0.15, 0.2) is 5.79 Å². The van der Waals surface area contributed by atoms with Crippen LogP contribution in [0.5, 0.6) is 0 Å². The number of esters is 1. The summed E-state index contributed by atoms with van der Waals surface area (Å²) >= 11 is 0. The number of hydrogen-bond donors (Lipinski definition) is 1. The van der Waals surface area contributed by atoms with Crippen molar-refractivity contribution in [2.45, 2.75) is 51.2 Å². The van der Waals surface area contributed by atoms with Crippen LogP contribution in [-0.4, -0.2) is 43.0 Å². The number of alkyl halides is 2. The number of benzene rings is 1. The van der Waals surface area contributed by atoms with Gasteiger partial charge in [0.2, 0.25) is 0 Å². The van der Waals surface area contributed by atoms with Crippen LogP contribution in [0.15, 0.2) is 30.3 Å². The van der Waals surface area contributed by atoms with Crippen molar-refractivity contribution in [2.75, 3.05) is 13.2 Å². The highest BCUT2D eigenvalue weighted by Crippen LogP contribution is 2.32. The molecule has 1 aromatic carbocycles. The third-order valence-corrected chi connectivity index (χ3v) is 3.71. The Morgan fingerprint density at radius 2 is 2.08 bits per heavy atom. The number of carbonyl (C=O) groups is 1. The fourth-order valence-electron chi connectivity index (χ4n) is 2.55. The second-order valence-corrected chi connectivity index (χ2v) is 6.05. The van der Waals surface area contributed by atoms with Crippen LogP contribution < -0.4 is 5.32 Å². The molecule has 24 heavy (non-hydrogen) atoms. The molecule has 2 rings (SSSR count). The Hall–Kier alpha value is -1.57. The summed E-state index contributed by atoms with van der Waals surface area (Å²) in [6.07, 6.45) is -0.969. The molecule has 1 aliphatic heterocycles. The highest BCUT2D eigenvalue weighted by Gasteiger charge is 2.55. The molecule has 0 spiro atoms. The number of ether oxygens (including phenoxy) is 3. The Morgan fingerprint density at radius 3 is 2.62 bits per heavy atom. The molecule has 0 unspecified atom stereocenters. The molecule has 0 bridgehead atoms. The molecule has 7 heteroatoms. The van der Waals surface area contributed by atoms with Gasteiger partial charge in [0, 0.05) is 6.54 Å². The average molecular weight is 343 g/mol. The number of carbonyl (C=O) groups excluding carboxylic acids is 1. The van der Waals surface area contributed by atoms with Crippen LogP contribution in [0.1, 0.15) is 26.3 Å². The van der Waals surface area contributed by atoms with Crippen LogP contribution in [0.4, 0.5) is 8.78 Å². The molecule has 2 atom stereocenters. The molecule has 134 valence electrons. The largest absolute Gasteiger partial charge is 0.462 e. The van der Waals surface area contributed by atoms with Gasteiger partial charge >= 0.3 is 11.9 Å². The molecule has 1 N–H and O–H groups in total. The molecule has 1 saturated heterocycles. The van der Waals surface area contributed by atoms with E-state index < -0.39 is 29.8 Å². The predicted molar refractivity (Wildman–Crippen MR) is 83.6 cm³/mol. The van der Waals surface area contributed by atoms with E-state index in [2.05, 4.69) is 10.1 Å². The van der Waals surface area contributed by atoms with Crippen LogP contribution in [0.3, 0.4) is 0 Å². The van der Waals surface area contributed by atoms with Crippen molar-refractivity contribution in [1.29, 1.82) is 0 Å². The maximum absolute atomic E-state index is 14.6. The number of rotatable bonds is 7. The Balaban J connectivity index is 2.16. The summed E-state index contributed by atoms with van der Waals surface area (Å²) in [4.78, 5) is 11.7. The summed E-state index contributed by atoms with van der Waals surface area (Å²) in [5.41, 5.74) is 0.820. The van der Waals surface area contributed by atoms with Gasteiger partial charge in [-0.1, -0.05) is 30.3 Å². The first-order valence-electron chi connectivity index (χ1n) is 7.90. The summed E-state index contributed by atoms with van der Waals surface area (Å²) in [6, 6.07) is 7.52. The molecule has 1 fully saturated rings. The van der Waals surface area contributed by atoms with Crippen molar-refractivity contribution in [3.05, 3.63) is 35.9 Å². The third kappa shape index (κ3) is 4.49. The predicted octanol–water partition coefficient (Wildman–Crippen LogP) is 2.49. The van der Waals surface area contributed by atoms with Crippen molar-refractivity contribution in [3.63, 3.8) is 0 Å². The Morgan fingerprint density at radius 1 is 1.42 bits per heavy atom. The smallest absolute Gasteiger partial charge is 0.378 e. The van der Waals surface area contributed by atoms with Gasteiger partial charge in [-0.3, -0.25) is 0 Å². The van der Waals surface area contributed by atoms with Gasteiger partial charge in [-0.05, 0) is 26.3 Å². The second kappa shape index (κ2) is 7.55. The first kappa shape index (κ1) is 18.8. The van der Waals surface area contributed by atoms with E-state index in [0.717, 1.165) is 5.56 Å². The van der Waals surface area contributed by atoms with Gasteiger partial charge in [0.05, 0.1) is 13.2 Å². The van der Waals surface area contributed by atoms with E-state index in [4.69, 9.17) is 9.47 Å². The maximum Gasteiger partial charge on any atom is 0.378 e. The van der Waals surface area contributed by atoms with E-state index in [-0.39, 0.29) is 19.8 Å². The first-order chi connectivity index (χ1) is 11.3. The topological polar surface area (TPSA) is 56.8 Å². The Kier molecular flexibility index (Phi) is 5.90. The lowest BCUT2D eigenvalue weighted by molar-refractivity contribution is -0.188. The van der Waals surface area contributed by atoms with Gasteiger partial charge in [-0.25, -0.2) is 4.79 Å². The second-order valence-electron chi connectivity index (χ2n) is 6.05. The minimum absolute atomic E-state index is 0.0333. The van der Waals surface area contributed by atoms with Crippen molar-refractivity contribution >= 4 is 5.97 Å². The SMILES string of the molecule is CCOC(=O)C(F)(F)[C@@H](NCc1ccccc1)[C@H]1COC(C)(C)O1. The summed E-state index contributed by atoms with van der Waals surface area (Å²) in [7, 11) is 0. The Labute approximate surface area is 140 Å². The lowest BCUT2D eigenvalue weighted by atomic mass is 10.0. The molecule has 0 aromatic heterocycles. The molecule has 1 aliphatic rings. The van der Waals surface area contributed by atoms with Crippen molar-refractivity contribution in [2.24, 2.45) is 0 Å². The minimum Gasteiger partial charge on any atom is -0.462 e. The quantitative estimate of drug-likeness (QED) is 0.771. The van der Waals surface area contributed by atoms with Crippen LogP contribution in [0.25, 0.3) is 0 Å². The van der Waals surface area contributed by atoms with Crippen LogP contribution in [-0.2, 0) is 25.5 Å². The number of hydrogen-bond acceptors (Lipinski definition) is 5. The van der Waals surface area contributed by atoms with E-state index in [9.17, 15) is 13.6 Å². The molecule has 0 radical (unpaired) electrons. The molecule has 0 amide bonds. The van der Waals surface area contributed by atoms with Crippen molar-refractivity contribution in [3.8, 4) is 0 Å². The third-order valence-electron chi connectivity index (χ3n) is 3.71. The Bertz CT molecular complexity index is 551. The van der Waals surface area contributed by atoms with Crippen LogP contribution >= 0.6 is 0 Å². The standard InChI is InChI=1S/C17H23F2NO4/c1-4-22-15(21)17(18,19)14(13-11-23-16(2,3)24-13)20-10-12-8-6-5-7-9-12/h5-9,13-14,20H,4,10-11H2,1-3H3/t13-,14+/m1/s1. The van der Waals surface area contributed by atoms with E-state index >= 15 is 0 Å². The fraction of sp³-hybridized carbons (Fsp3) is 0.588. The summed E-state index contributed by atoms with van der Waals surface area (Å²) in [5.74, 6) is -6.27.